The summed E-state index contributed by atoms with van der Waals surface area (Å²) in [6.45, 7) is 3.04. The summed E-state index contributed by atoms with van der Waals surface area (Å²) in [6.07, 6.45) is 26.1. The molecule has 0 saturated carbocycles. The third kappa shape index (κ3) is 3.30. The van der Waals surface area contributed by atoms with Crippen molar-refractivity contribution in [3.05, 3.63) is 83.6 Å². The Labute approximate surface area is 127 Å². The lowest BCUT2D eigenvalue weighted by Crippen LogP contribution is -2.06. The van der Waals surface area contributed by atoms with Crippen LogP contribution in [0.4, 0.5) is 0 Å². The SMILES string of the molecule is CC1=CC(C2=CCC=CC=C2)=NCC2/C=C\C=C/CC=C12. The fourth-order valence-corrected chi connectivity index (χ4v) is 2.89. The molecule has 3 aliphatic rings. The van der Waals surface area contributed by atoms with Crippen molar-refractivity contribution in [1.82, 2.24) is 0 Å². The Morgan fingerprint density at radius 3 is 2.71 bits per heavy atom. The number of aliphatic imine (C=N–C) groups is 1. The van der Waals surface area contributed by atoms with Crippen molar-refractivity contribution in [3.63, 3.8) is 0 Å². The van der Waals surface area contributed by atoms with E-state index in [2.05, 4.69) is 73.8 Å². The Kier molecular flexibility index (Phi) is 4.30. The van der Waals surface area contributed by atoms with Crippen molar-refractivity contribution in [2.45, 2.75) is 19.8 Å². The number of allylic oxidation sites excluding steroid dienone is 12. The molecule has 1 unspecified atom stereocenters. The maximum Gasteiger partial charge on any atom is 0.0646 e. The number of hydrogen-bond acceptors (Lipinski definition) is 1. The molecule has 1 heteroatoms. The molecule has 0 bridgehead atoms. The summed E-state index contributed by atoms with van der Waals surface area (Å²) in [4.78, 5) is 4.87. The zero-order valence-corrected chi connectivity index (χ0v) is 12.5. The molecule has 0 aromatic carbocycles. The first-order chi connectivity index (χ1) is 10.3. The summed E-state index contributed by atoms with van der Waals surface area (Å²) >= 11 is 0. The predicted molar refractivity (Wildman–Crippen MR) is 91.5 cm³/mol. The number of fused-ring (bicyclic) bond motifs is 1. The third-order valence-corrected chi connectivity index (χ3v) is 4.02. The average Bonchev–Trinajstić information content (AvgIpc) is 2.79. The van der Waals surface area contributed by atoms with Crippen LogP contribution in [0.1, 0.15) is 19.8 Å². The Morgan fingerprint density at radius 1 is 1.00 bits per heavy atom. The van der Waals surface area contributed by atoms with E-state index >= 15 is 0 Å². The number of hydrogen-bond donors (Lipinski definition) is 0. The van der Waals surface area contributed by atoms with Gasteiger partial charge in [-0.1, -0.05) is 60.8 Å². The van der Waals surface area contributed by atoms with E-state index in [1.807, 2.05) is 0 Å². The second kappa shape index (κ2) is 6.53. The molecule has 0 spiro atoms. The van der Waals surface area contributed by atoms with Crippen molar-refractivity contribution >= 4 is 5.71 Å². The quantitative estimate of drug-likeness (QED) is 0.646. The monoisotopic (exact) mass is 275 g/mol. The normalized spacial score (nSPS) is 27.8. The van der Waals surface area contributed by atoms with Gasteiger partial charge < -0.3 is 0 Å². The van der Waals surface area contributed by atoms with E-state index in [1.54, 1.807) is 0 Å². The van der Waals surface area contributed by atoms with E-state index < -0.39 is 0 Å². The third-order valence-electron chi connectivity index (χ3n) is 4.02. The fourth-order valence-electron chi connectivity index (χ4n) is 2.89. The van der Waals surface area contributed by atoms with E-state index in [-0.39, 0.29) is 0 Å². The molecule has 0 aromatic rings. The van der Waals surface area contributed by atoms with E-state index in [9.17, 15) is 0 Å². The van der Waals surface area contributed by atoms with Crippen molar-refractivity contribution in [1.29, 1.82) is 0 Å². The molecule has 2 aliphatic carbocycles. The zero-order valence-electron chi connectivity index (χ0n) is 12.5. The van der Waals surface area contributed by atoms with Crippen LogP contribution in [0.15, 0.2) is 88.5 Å². The highest BCUT2D eigenvalue weighted by Crippen LogP contribution is 2.27. The van der Waals surface area contributed by atoms with Gasteiger partial charge in [0.15, 0.2) is 0 Å². The molecule has 1 nitrogen and oxygen atoms in total. The van der Waals surface area contributed by atoms with E-state index in [0.29, 0.717) is 5.92 Å². The van der Waals surface area contributed by atoms with Gasteiger partial charge in [-0.05, 0) is 42.6 Å². The lowest BCUT2D eigenvalue weighted by atomic mass is 9.90. The largest absolute Gasteiger partial charge is 0.284 e. The van der Waals surface area contributed by atoms with E-state index in [1.165, 1.54) is 16.7 Å². The molecular weight excluding hydrogens is 254 g/mol. The first-order valence-electron chi connectivity index (χ1n) is 7.65. The molecule has 21 heavy (non-hydrogen) atoms. The van der Waals surface area contributed by atoms with Crippen LogP contribution in [0, 0.1) is 5.92 Å². The second-order valence-electron chi connectivity index (χ2n) is 5.55. The highest BCUT2D eigenvalue weighted by molar-refractivity contribution is 6.11. The lowest BCUT2D eigenvalue weighted by Gasteiger charge is -2.15. The molecule has 0 aromatic heterocycles. The Bertz CT molecular complexity index is 645. The predicted octanol–water partition coefficient (Wildman–Crippen LogP) is 4.89. The van der Waals surface area contributed by atoms with Crippen LogP contribution in [-0.4, -0.2) is 12.3 Å². The minimum absolute atomic E-state index is 0.400. The van der Waals surface area contributed by atoms with Gasteiger partial charge in [-0.2, -0.15) is 0 Å². The molecule has 3 rings (SSSR count). The molecule has 0 fully saturated rings. The van der Waals surface area contributed by atoms with Gasteiger partial charge in [0, 0.05) is 12.5 Å². The Morgan fingerprint density at radius 2 is 1.81 bits per heavy atom. The van der Waals surface area contributed by atoms with Crippen molar-refractivity contribution in [2.24, 2.45) is 10.9 Å². The summed E-state index contributed by atoms with van der Waals surface area (Å²) < 4.78 is 0. The van der Waals surface area contributed by atoms with Crippen molar-refractivity contribution in [2.75, 3.05) is 6.54 Å². The van der Waals surface area contributed by atoms with Crippen LogP contribution < -0.4 is 0 Å². The van der Waals surface area contributed by atoms with Crippen LogP contribution in [0.25, 0.3) is 0 Å². The summed E-state index contributed by atoms with van der Waals surface area (Å²) in [5.41, 5.74) is 5.10. The highest BCUT2D eigenvalue weighted by Gasteiger charge is 2.17. The van der Waals surface area contributed by atoms with Gasteiger partial charge in [0.2, 0.25) is 0 Å². The number of rotatable bonds is 1. The Balaban J connectivity index is 1.95. The Hall–Kier alpha value is -2.15. The molecule has 106 valence electrons. The van der Waals surface area contributed by atoms with Gasteiger partial charge in [0.25, 0.3) is 0 Å². The smallest absolute Gasteiger partial charge is 0.0646 e. The second-order valence-corrected chi connectivity index (χ2v) is 5.55. The lowest BCUT2D eigenvalue weighted by molar-refractivity contribution is 0.778. The minimum Gasteiger partial charge on any atom is -0.284 e. The van der Waals surface area contributed by atoms with Crippen LogP contribution in [0.3, 0.4) is 0 Å². The van der Waals surface area contributed by atoms with Gasteiger partial charge in [-0.15, -0.1) is 0 Å². The highest BCUT2D eigenvalue weighted by atomic mass is 14.7. The van der Waals surface area contributed by atoms with E-state index in [4.69, 9.17) is 4.99 Å². The van der Waals surface area contributed by atoms with Gasteiger partial charge >= 0.3 is 0 Å². The topological polar surface area (TPSA) is 12.4 Å². The molecule has 1 aliphatic heterocycles. The first kappa shape index (κ1) is 13.8. The van der Waals surface area contributed by atoms with Gasteiger partial charge in [0.05, 0.1) is 5.71 Å². The summed E-state index contributed by atoms with van der Waals surface area (Å²) in [5, 5.41) is 0. The van der Waals surface area contributed by atoms with Crippen LogP contribution in [-0.2, 0) is 0 Å². The summed E-state index contributed by atoms with van der Waals surface area (Å²) in [6, 6.07) is 0. The van der Waals surface area contributed by atoms with Crippen LogP contribution >= 0.6 is 0 Å². The van der Waals surface area contributed by atoms with Crippen molar-refractivity contribution < 1.29 is 0 Å². The first-order valence-corrected chi connectivity index (χ1v) is 7.65. The van der Waals surface area contributed by atoms with Gasteiger partial charge in [-0.25, -0.2) is 0 Å². The number of nitrogens with zero attached hydrogens (tertiary/aromatic N) is 1. The molecule has 0 amide bonds. The molecule has 0 radical (unpaired) electrons. The molecule has 1 heterocycles. The van der Waals surface area contributed by atoms with Crippen LogP contribution in [0.2, 0.25) is 0 Å². The maximum atomic E-state index is 4.87. The van der Waals surface area contributed by atoms with Gasteiger partial charge in [-0.3, -0.25) is 4.99 Å². The van der Waals surface area contributed by atoms with E-state index in [0.717, 1.165) is 25.1 Å². The molecule has 0 N–H and O–H groups in total. The zero-order chi connectivity index (χ0) is 14.5. The molecule has 0 saturated heterocycles. The standard InChI is InChI=1S/C20H21N/c1-16-14-20(17-10-6-2-3-7-11-17)21-15-18-12-8-4-5-9-13-19(16)18/h2-6,8,10-14,18H,7,9,15H2,1H3/b5-4-,12-8-,19-13?. The average molecular weight is 275 g/mol. The molecule has 1 atom stereocenters. The minimum atomic E-state index is 0.400. The van der Waals surface area contributed by atoms with Crippen molar-refractivity contribution in [3.8, 4) is 0 Å². The van der Waals surface area contributed by atoms with Gasteiger partial charge in [0.1, 0.15) is 0 Å². The summed E-state index contributed by atoms with van der Waals surface area (Å²) in [7, 11) is 0. The fraction of sp³-hybridized carbons (Fsp3) is 0.250. The van der Waals surface area contributed by atoms with Crippen LogP contribution in [0.5, 0.6) is 0 Å². The summed E-state index contributed by atoms with van der Waals surface area (Å²) in [5.74, 6) is 0.400. The molecular formula is C20H21N. The maximum absolute atomic E-state index is 4.87.